The largest absolute Gasteiger partial charge is 0.497 e. The van der Waals surface area contributed by atoms with E-state index in [0.29, 0.717) is 0 Å². The molecule has 0 saturated carbocycles. The van der Waals surface area contributed by atoms with Crippen molar-refractivity contribution in [3.05, 3.63) is 42.1 Å². The molecule has 0 bridgehead atoms. The van der Waals surface area contributed by atoms with Gasteiger partial charge in [-0.1, -0.05) is 39.5 Å². The Labute approximate surface area is 117 Å². The first kappa shape index (κ1) is 17.2. The molecule has 1 aromatic rings. The number of hydrazone groups is 1. The summed E-state index contributed by atoms with van der Waals surface area (Å²) in [7, 11) is 1.67. The Morgan fingerprint density at radius 1 is 1.32 bits per heavy atom. The molecule has 0 heterocycles. The van der Waals surface area contributed by atoms with Crippen LogP contribution in [0, 0.1) is 0 Å². The molecule has 3 nitrogen and oxygen atoms in total. The zero-order chi connectivity index (χ0) is 14.7. The molecule has 0 radical (unpaired) electrons. The van der Waals surface area contributed by atoms with Crippen LogP contribution in [0.5, 0.6) is 5.75 Å². The highest BCUT2D eigenvalue weighted by Gasteiger charge is 2.03. The van der Waals surface area contributed by atoms with Crippen molar-refractivity contribution < 1.29 is 4.74 Å². The van der Waals surface area contributed by atoms with Crippen molar-refractivity contribution in [3.63, 3.8) is 0 Å². The second kappa shape index (κ2) is 10.2. The van der Waals surface area contributed by atoms with Crippen LogP contribution in [0.25, 0.3) is 0 Å². The lowest BCUT2D eigenvalue weighted by atomic mass is 10.2. The zero-order valence-electron chi connectivity index (χ0n) is 12.8. The number of ether oxygens (including phenoxy) is 1. The van der Waals surface area contributed by atoms with E-state index in [1.165, 1.54) is 5.56 Å². The first-order valence-corrected chi connectivity index (χ1v) is 6.75. The lowest BCUT2D eigenvalue weighted by molar-refractivity contribution is 0.359. The highest BCUT2D eigenvalue weighted by atomic mass is 16.5. The molecule has 0 unspecified atom stereocenters. The molecule has 0 N–H and O–H groups in total. The summed E-state index contributed by atoms with van der Waals surface area (Å²) in [5.74, 6) is 0.868. The Morgan fingerprint density at radius 3 is 2.32 bits per heavy atom. The minimum Gasteiger partial charge on any atom is -0.497 e. The van der Waals surface area contributed by atoms with Crippen molar-refractivity contribution in [2.24, 2.45) is 5.10 Å². The van der Waals surface area contributed by atoms with Crippen LogP contribution >= 0.6 is 0 Å². The van der Waals surface area contributed by atoms with Crippen molar-refractivity contribution in [1.82, 2.24) is 5.01 Å². The molecule has 0 fully saturated rings. The molecule has 3 heteroatoms. The van der Waals surface area contributed by atoms with E-state index in [1.54, 1.807) is 7.11 Å². The number of allylic oxidation sites excluding steroid dienone is 1. The predicted octanol–water partition coefficient (Wildman–Crippen LogP) is 4.45. The van der Waals surface area contributed by atoms with Crippen LogP contribution in [0.3, 0.4) is 0 Å². The first-order chi connectivity index (χ1) is 9.17. The molecule has 106 valence electrons. The van der Waals surface area contributed by atoms with Gasteiger partial charge in [0.15, 0.2) is 0 Å². The van der Waals surface area contributed by atoms with E-state index in [0.717, 1.165) is 24.4 Å². The van der Waals surface area contributed by atoms with Crippen molar-refractivity contribution in [3.8, 4) is 5.75 Å². The number of benzene rings is 1. The fourth-order valence-electron chi connectivity index (χ4n) is 1.36. The summed E-state index contributed by atoms with van der Waals surface area (Å²) in [6.07, 6.45) is 2.81. The molecular weight excluding hydrogens is 236 g/mol. The second-order valence-electron chi connectivity index (χ2n) is 3.85. The van der Waals surface area contributed by atoms with Crippen LogP contribution in [0.15, 0.2) is 41.6 Å². The monoisotopic (exact) mass is 262 g/mol. The van der Waals surface area contributed by atoms with Gasteiger partial charge in [-0.05, 0) is 31.0 Å². The van der Waals surface area contributed by atoms with Crippen LogP contribution in [0.2, 0.25) is 0 Å². The summed E-state index contributed by atoms with van der Waals surface area (Å²) < 4.78 is 5.13. The maximum atomic E-state index is 5.13. The van der Waals surface area contributed by atoms with E-state index in [9.17, 15) is 0 Å². The smallest absolute Gasteiger partial charge is 0.118 e. The number of hydrogen-bond acceptors (Lipinski definition) is 3. The fourth-order valence-corrected chi connectivity index (χ4v) is 1.36. The average Bonchev–Trinajstić information content (AvgIpc) is 2.46. The molecule has 0 aliphatic heterocycles. The van der Waals surface area contributed by atoms with E-state index < -0.39 is 0 Å². The normalized spacial score (nSPS) is 9.74. The van der Waals surface area contributed by atoms with E-state index >= 15 is 0 Å². The molecular formula is C16H26N2O. The van der Waals surface area contributed by atoms with Gasteiger partial charge in [-0.15, -0.1) is 0 Å². The second-order valence-corrected chi connectivity index (χ2v) is 3.85. The predicted molar refractivity (Wildman–Crippen MR) is 83.5 cm³/mol. The highest BCUT2D eigenvalue weighted by Crippen LogP contribution is 2.14. The average molecular weight is 262 g/mol. The number of hydrogen-bond donors (Lipinski definition) is 0. The van der Waals surface area contributed by atoms with Gasteiger partial charge in [0.05, 0.1) is 13.7 Å². The van der Waals surface area contributed by atoms with Crippen LogP contribution in [0.4, 0.5) is 0 Å². The van der Waals surface area contributed by atoms with Gasteiger partial charge >= 0.3 is 0 Å². The molecule has 0 spiro atoms. The van der Waals surface area contributed by atoms with Gasteiger partial charge in [-0.25, -0.2) is 0 Å². The SMILES string of the molecule is C=C(C)N(Cc1ccc(OC)cc1)/N=C\CC.CC. The molecule has 0 aliphatic carbocycles. The Kier molecular flexibility index (Phi) is 9.23. The van der Waals surface area contributed by atoms with Gasteiger partial charge in [-0.3, -0.25) is 5.01 Å². The van der Waals surface area contributed by atoms with Gasteiger partial charge in [0.25, 0.3) is 0 Å². The summed E-state index contributed by atoms with van der Waals surface area (Å²) in [6, 6.07) is 7.98. The number of nitrogens with zero attached hydrogens (tertiary/aromatic N) is 2. The number of methoxy groups -OCH3 is 1. The molecule has 0 saturated heterocycles. The van der Waals surface area contributed by atoms with Gasteiger partial charge in [0.2, 0.25) is 0 Å². The summed E-state index contributed by atoms with van der Waals surface area (Å²) in [4.78, 5) is 0. The Balaban J connectivity index is 0.00000154. The summed E-state index contributed by atoms with van der Waals surface area (Å²) >= 11 is 0. The molecule has 0 amide bonds. The van der Waals surface area contributed by atoms with Crippen molar-refractivity contribution in [2.45, 2.75) is 40.7 Å². The molecule has 19 heavy (non-hydrogen) atoms. The zero-order valence-corrected chi connectivity index (χ0v) is 12.8. The minimum atomic E-state index is 0.732. The quantitative estimate of drug-likeness (QED) is 0.559. The first-order valence-electron chi connectivity index (χ1n) is 6.75. The number of rotatable bonds is 6. The maximum Gasteiger partial charge on any atom is 0.118 e. The van der Waals surface area contributed by atoms with E-state index in [-0.39, 0.29) is 0 Å². The van der Waals surface area contributed by atoms with Crippen molar-refractivity contribution in [1.29, 1.82) is 0 Å². The summed E-state index contributed by atoms with van der Waals surface area (Å²) in [6.45, 7) is 12.7. The Hall–Kier alpha value is -1.77. The standard InChI is InChI=1S/C14H20N2O.C2H6/c1-5-10-15-16(12(2)3)11-13-6-8-14(17-4)9-7-13;1-2/h6-10H,2,5,11H2,1,3-4H3;1-2H3/b15-10-;. The molecule has 0 aliphatic rings. The third-order valence-corrected chi connectivity index (χ3v) is 2.34. The van der Waals surface area contributed by atoms with Gasteiger partial charge in [0, 0.05) is 11.9 Å². The topological polar surface area (TPSA) is 24.8 Å². The Morgan fingerprint density at radius 2 is 1.89 bits per heavy atom. The fraction of sp³-hybridized carbons (Fsp3) is 0.438. The van der Waals surface area contributed by atoms with Crippen molar-refractivity contribution in [2.75, 3.05) is 7.11 Å². The van der Waals surface area contributed by atoms with E-state index in [2.05, 4.69) is 18.6 Å². The molecule has 0 atom stereocenters. The molecule has 0 aromatic heterocycles. The van der Waals surface area contributed by atoms with Gasteiger partial charge in [-0.2, -0.15) is 5.10 Å². The van der Waals surface area contributed by atoms with Gasteiger partial charge < -0.3 is 4.74 Å². The van der Waals surface area contributed by atoms with Crippen LogP contribution in [0.1, 0.15) is 39.7 Å². The minimum absolute atomic E-state index is 0.732. The summed E-state index contributed by atoms with van der Waals surface area (Å²) in [5.41, 5.74) is 2.12. The highest BCUT2D eigenvalue weighted by molar-refractivity contribution is 5.56. The molecule has 1 rings (SSSR count). The van der Waals surface area contributed by atoms with Crippen LogP contribution in [-0.2, 0) is 6.54 Å². The maximum absolute atomic E-state index is 5.13. The summed E-state index contributed by atoms with van der Waals surface area (Å²) in [5, 5.41) is 6.25. The third-order valence-electron chi connectivity index (χ3n) is 2.34. The molecule has 1 aromatic carbocycles. The van der Waals surface area contributed by atoms with E-state index in [1.807, 2.05) is 56.3 Å². The van der Waals surface area contributed by atoms with Crippen molar-refractivity contribution >= 4 is 6.21 Å². The van der Waals surface area contributed by atoms with E-state index in [4.69, 9.17) is 4.74 Å². The lowest BCUT2D eigenvalue weighted by Gasteiger charge is -2.18. The lowest BCUT2D eigenvalue weighted by Crippen LogP contribution is -2.14. The van der Waals surface area contributed by atoms with Crippen LogP contribution < -0.4 is 4.74 Å². The van der Waals surface area contributed by atoms with Gasteiger partial charge in [0.1, 0.15) is 5.75 Å². The third kappa shape index (κ3) is 6.65. The van der Waals surface area contributed by atoms with Crippen LogP contribution in [-0.4, -0.2) is 18.3 Å². The Bertz CT molecular complexity index is 382.